The second-order valence-corrected chi connectivity index (χ2v) is 5.33. The zero-order chi connectivity index (χ0) is 17.9. The summed E-state index contributed by atoms with van der Waals surface area (Å²) >= 11 is 0. The summed E-state index contributed by atoms with van der Waals surface area (Å²) in [6, 6.07) is 1.61. The normalized spacial score (nSPS) is 15.8. The second-order valence-electron chi connectivity index (χ2n) is 5.33. The Morgan fingerprint density at radius 2 is 2.08 bits per heavy atom. The molecule has 0 fully saturated rings. The van der Waals surface area contributed by atoms with Gasteiger partial charge in [0.1, 0.15) is 17.7 Å². The molecule has 0 radical (unpaired) electrons. The number of nitrogens with zero attached hydrogens (tertiary/aromatic N) is 1. The highest BCUT2D eigenvalue weighted by Gasteiger charge is 2.36. The molecule has 5 nitrogen and oxygen atoms in total. The minimum Gasteiger partial charge on any atom is -0.360 e. The van der Waals surface area contributed by atoms with E-state index in [1.54, 1.807) is 24.3 Å². The lowest BCUT2D eigenvalue weighted by molar-refractivity contribution is -0.149. The fraction of sp³-hybridized carbons (Fsp3) is 0.250. The topological polar surface area (TPSA) is 66.0 Å². The van der Waals surface area contributed by atoms with E-state index in [1.807, 2.05) is 0 Å². The largest absolute Gasteiger partial charge is 0.408 e. The number of amides is 1. The Morgan fingerprint density at radius 1 is 1.38 bits per heavy atom. The van der Waals surface area contributed by atoms with E-state index in [0.717, 1.165) is 6.92 Å². The van der Waals surface area contributed by atoms with Crippen molar-refractivity contribution in [3.8, 4) is 0 Å². The first kappa shape index (κ1) is 17.6. The predicted molar refractivity (Wildman–Crippen MR) is 85.5 cm³/mol. The van der Waals surface area contributed by atoms with Crippen LogP contribution in [-0.2, 0) is 4.79 Å². The number of alkyl halides is 3. The predicted octanol–water partition coefficient (Wildman–Crippen LogP) is 2.92. The van der Waals surface area contributed by atoms with Crippen LogP contribution >= 0.6 is 0 Å². The zero-order valence-electron chi connectivity index (χ0n) is 13.2. The van der Waals surface area contributed by atoms with Gasteiger partial charge >= 0.3 is 6.18 Å². The van der Waals surface area contributed by atoms with E-state index in [2.05, 4.69) is 27.5 Å². The fourth-order valence-corrected chi connectivity index (χ4v) is 2.05. The summed E-state index contributed by atoms with van der Waals surface area (Å²) in [4.78, 5) is 15.1. The van der Waals surface area contributed by atoms with Crippen molar-refractivity contribution in [3.63, 3.8) is 0 Å². The van der Waals surface area contributed by atoms with Gasteiger partial charge in [0, 0.05) is 18.8 Å². The number of aromatic nitrogens is 1. The van der Waals surface area contributed by atoms with E-state index in [4.69, 9.17) is 0 Å². The van der Waals surface area contributed by atoms with Crippen molar-refractivity contribution in [3.05, 3.63) is 54.1 Å². The quantitative estimate of drug-likeness (QED) is 0.790. The van der Waals surface area contributed by atoms with Gasteiger partial charge in [-0.15, -0.1) is 0 Å². The number of nitrogens with one attached hydrogen (secondary N) is 3. The van der Waals surface area contributed by atoms with Crippen LogP contribution in [-0.4, -0.2) is 23.1 Å². The lowest BCUT2D eigenvalue weighted by atomic mass is 10.0. The number of carbonyl (C=O) groups excluding carboxylic acids is 1. The highest BCUT2D eigenvalue weighted by Crippen LogP contribution is 2.25. The molecule has 8 heteroatoms. The van der Waals surface area contributed by atoms with Gasteiger partial charge in [0.05, 0.1) is 0 Å². The van der Waals surface area contributed by atoms with Gasteiger partial charge in [-0.3, -0.25) is 4.79 Å². The van der Waals surface area contributed by atoms with E-state index in [9.17, 15) is 18.0 Å². The summed E-state index contributed by atoms with van der Waals surface area (Å²) in [5.74, 6) is 0.289. The van der Waals surface area contributed by atoms with E-state index in [-0.39, 0.29) is 11.7 Å². The van der Waals surface area contributed by atoms with Gasteiger partial charge in [0.15, 0.2) is 0 Å². The average molecular weight is 338 g/mol. The van der Waals surface area contributed by atoms with E-state index < -0.39 is 12.2 Å². The van der Waals surface area contributed by atoms with Gasteiger partial charge in [0.2, 0.25) is 5.91 Å². The molecule has 0 saturated heterocycles. The zero-order valence-corrected chi connectivity index (χ0v) is 13.2. The molecule has 1 unspecified atom stereocenters. The van der Waals surface area contributed by atoms with Crippen molar-refractivity contribution in [2.45, 2.75) is 26.1 Å². The summed E-state index contributed by atoms with van der Waals surface area (Å²) in [5, 5.41) is 7.69. The Hall–Kier alpha value is -2.77. The van der Waals surface area contributed by atoms with Crippen molar-refractivity contribution >= 4 is 17.3 Å². The number of anilines is 1. The maximum Gasteiger partial charge on any atom is 0.408 e. The van der Waals surface area contributed by atoms with Gasteiger partial charge in [-0.2, -0.15) is 13.2 Å². The molecule has 2 rings (SSSR count). The number of dihydropyridines is 1. The van der Waals surface area contributed by atoms with Crippen LogP contribution in [0.5, 0.6) is 0 Å². The smallest absolute Gasteiger partial charge is 0.360 e. The molecular formula is C16H17F3N4O. The third kappa shape index (κ3) is 4.61. The Morgan fingerprint density at radius 3 is 2.71 bits per heavy atom. The van der Waals surface area contributed by atoms with E-state index in [1.165, 1.54) is 13.1 Å². The second kappa shape index (κ2) is 6.77. The van der Waals surface area contributed by atoms with Crippen LogP contribution in [0.15, 0.2) is 48.6 Å². The molecule has 1 aliphatic heterocycles. The Bertz CT molecular complexity index is 722. The van der Waals surface area contributed by atoms with Crippen LogP contribution in [0, 0.1) is 0 Å². The number of allylic oxidation sites excluding steroid dienone is 3. The molecule has 3 N–H and O–H groups in total. The molecule has 1 atom stereocenters. The molecular weight excluding hydrogens is 321 g/mol. The first-order valence-corrected chi connectivity index (χ1v) is 7.12. The third-order valence-electron chi connectivity index (χ3n) is 3.19. The number of hydrogen-bond donors (Lipinski definition) is 3. The van der Waals surface area contributed by atoms with Gasteiger partial charge < -0.3 is 16.0 Å². The molecule has 24 heavy (non-hydrogen) atoms. The van der Waals surface area contributed by atoms with Crippen molar-refractivity contribution in [2.24, 2.45) is 0 Å². The SMILES string of the molecule is C=C1C=C(c2ccnc(NC(C)=O)c2)C=C(NC(C)C(F)(F)F)N1. The van der Waals surface area contributed by atoms with Gasteiger partial charge in [0.25, 0.3) is 0 Å². The van der Waals surface area contributed by atoms with Crippen LogP contribution in [0.2, 0.25) is 0 Å². The number of pyridine rings is 1. The molecule has 1 aromatic heterocycles. The first-order chi connectivity index (χ1) is 11.1. The summed E-state index contributed by atoms with van der Waals surface area (Å²) < 4.78 is 38.1. The molecule has 128 valence electrons. The lowest BCUT2D eigenvalue weighted by Crippen LogP contribution is -2.42. The minimum absolute atomic E-state index is 0.195. The van der Waals surface area contributed by atoms with Crippen LogP contribution in [0.1, 0.15) is 19.4 Å². The fourth-order valence-electron chi connectivity index (χ4n) is 2.05. The van der Waals surface area contributed by atoms with Gasteiger partial charge in [-0.1, -0.05) is 6.58 Å². The number of rotatable bonds is 4. The monoisotopic (exact) mass is 338 g/mol. The van der Waals surface area contributed by atoms with E-state index >= 15 is 0 Å². The van der Waals surface area contributed by atoms with Crippen LogP contribution < -0.4 is 16.0 Å². The maximum absolute atomic E-state index is 12.7. The maximum atomic E-state index is 12.7. The third-order valence-corrected chi connectivity index (χ3v) is 3.19. The molecule has 1 aliphatic rings. The summed E-state index contributed by atoms with van der Waals surface area (Å²) in [6.45, 7) is 6.14. The molecule has 0 bridgehead atoms. The average Bonchev–Trinajstić information content (AvgIpc) is 2.45. The molecule has 0 spiro atoms. The van der Waals surface area contributed by atoms with Gasteiger partial charge in [-0.05, 0) is 42.3 Å². The van der Waals surface area contributed by atoms with Crippen molar-refractivity contribution in [2.75, 3.05) is 5.32 Å². The molecule has 1 amide bonds. The minimum atomic E-state index is -4.36. The summed E-state index contributed by atoms with van der Waals surface area (Å²) in [6.07, 6.45) is 0.381. The standard InChI is InChI=1S/C16H17F3N4O/c1-9-6-13(8-15(21-9)22-10(2)16(17,18)19)12-4-5-20-14(7-12)23-11(3)24/h4-8,10,21-22H,1H2,2-3H3,(H,20,23,24). The summed E-state index contributed by atoms with van der Waals surface area (Å²) in [7, 11) is 0. The molecule has 0 aliphatic carbocycles. The highest BCUT2D eigenvalue weighted by atomic mass is 19.4. The van der Waals surface area contributed by atoms with Gasteiger partial charge in [-0.25, -0.2) is 4.98 Å². The molecule has 2 heterocycles. The number of carbonyl (C=O) groups is 1. The van der Waals surface area contributed by atoms with Crippen LogP contribution in [0.3, 0.4) is 0 Å². The summed E-state index contributed by atoms with van der Waals surface area (Å²) in [5.41, 5.74) is 1.78. The van der Waals surface area contributed by atoms with Crippen molar-refractivity contribution in [1.29, 1.82) is 0 Å². The molecule has 0 saturated carbocycles. The Labute approximate surface area is 137 Å². The molecule has 0 aromatic carbocycles. The Balaban J connectivity index is 2.26. The lowest BCUT2D eigenvalue weighted by Gasteiger charge is -2.24. The van der Waals surface area contributed by atoms with Crippen molar-refractivity contribution < 1.29 is 18.0 Å². The number of hydrogen-bond acceptors (Lipinski definition) is 4. The van der Waals surface area contributed by atoms with Crippen LogP contribution in [0.25, 0.3) is 5.57 Å². The Kier molecular flexibility index (Phi) is 4.96. The first-order valence-electron chi connectivity index (χ1n) is 7.12. The van der Waals surface area contributed by atoms with E-state index in [0.29, 0.717) is 22.7 Å². The highest BCUT2D eigenvalue weighted by molar-refractivity contribution is 5.88. The van der Waals surface area contributed by atoms with Crippen LogP contribution in [0.4, 0.5) is 19.0 Å². The molecule has 1 aromatic rings. The van der Waals surface area contributed by atoms with Crippen molar-refractivity contribution in [1.82, 2.24) is 15.6 Å². The number of halogens is 3.